The number of nitrogens with zero attached hydrogens (tertiary/aromatic N) is 2. The number of aryl methyl sites for hydroxylation is 2. The number of rotatable bonds is 8. The maximum absolute atomic E-state index is 12.7. The minimum atomic E-state index is -0.0232. The summed E-state index contributed by atoms with van der Waals surface area (Å²) in [6, 6.07) is 17.3. The standard InChI is InChI=1S/C26H23Cl2N3OS2/c1-3-16-6-5-7-17(4-2)25(16)31-24(32)15-33-26-30-22-11-10-20(13-23(22)34-26)29-14-18-8-9-19(27)12-21(18)28/h5-14H,3-4,15H2,1-2H3,(H,31,32). The molecule has 0 saturated carbocycles. The molecule has 34 heavy (non-hydrogen) atoms. The van der Waals surface area contributed by atoms with Crippen molar-refractivity contribution in [2.45, 2.75) is 31.0 Å². The molecule has 0 radical (unpaired) electrons. The van der Waals surface area contributed by atoms with Gasteiger partial charge in [-0.05, 0) is 54.3 Å². The molecule has 0 atom stereocenters. The van der Waals surface area contributed by atoms with E-state index in [9.17, 15) is 4.79 Å². The van der Waals surface area contributed by atoms with Crippen LogP contribution in [0.4, 0.5) is 11.4 Å². The third kappa shape index (κ3) is 5.99. The summed E-state index contributed by atoms with van der Waals surface area (Å²) in [5, 5.41) is 4.26. The lowest BCUT2D eigenvalue weighted by atomic mass is 10.0. The number of amides is 1. The van der Waals surface area contributed by atoms with Crippen molar-refractivity contribution in [1.82, 2.24) is 4.98 Å². The second-order valence-corrected chi connectivity index (χ2v) is 10.6. The number of aliphatic imine (C=N–C) groups is 1. The summed E-state index contributed by atoms with van der Waals surface area (Å²) in [5.41, 5.74) is 5.76. The Balaban J connectivity index is 1.43. The lowest BCUT2D eigenvalue weighted by Crippen LogP contribution is -2.16. The van der Waals surface area contributed by atoms with Gasteiger partial charge in [-0.25, -0.2) is 4.98 Å². The largest absolute Gasteiger partial charge is 0.325 e. The number of thiazole rings is 1. The third-order valence-corrected chi connectivity index (χ3v) is 7.98. The predicted molar refractivity (Wildman–Crippen MR) is 148 cm³/mol. The Morgan fingerprint density at radius 2 is 1.85 bits per heavy atom. The van der Waals surface area contributed by atoms with Crippen LogP contribution in [0.1, 0.15) is 30.5 Å². The monoisotopic (exact) mass is 527 g/mol. The Kier molecular flexibility index (Phi) is 8.27. The van der Waals surface area contributed by atoms with Crippen LogP contribution in [0.15, 0.2) is 63.9 Å². The first-order valence-corrected chi connectivity index (χ1v) is 13.5. The van der Waals surface area contributed by atoms with Gasteiger partial charge in [-0.3, -0.25) is 9.79 Å². The number of thioether (sulfide) groups is 1. The van der Waals surface area contributed by atoms with Crippen LogP contribution in [-0.2, 0) is 17.6 Å². The van der Waals surface area contributed by atoms with E-state index in [1.165, 1.54) is 11.8 Å². The van der Waals surface area contributed by atoms with Crippen LogP contribution in [0.2, 0.25) is 10.0 Å². The summed E-state index contributed by atoms with van der Waals surface area (Å²) in [6.07, 6.45) is 3.48. The molecule has 0 aliphatic rings. The molecule has 4 aromatic rings. The normalized spacial score (nSPS) is 11.4. The molecular formula is C26H23Cl2N3OS2. The minimum absolute atomic E-state index is 0.0232. The number of carbonyl (C=O) groups excluding carboxylic acids is 1. The van der Waals surface area contributed by atoms with Gasteiger partial charge in [0.05, 0.1) is 26.7 Å². The molecule has 1 N–H and O–H groups in total. The molecule has 0 saturated heterocycles. The number of carbonyl (C=O) groups is 1. The van der Waals surface area contributed by atoms with Crippen LogP contribution in [-0.4, -0.2) is 22.9 Å². The Morgan fingerprint density at radius 1 is 1.09 bits per heavy atom. The van der Waals surface area contributed by atoms with Crippen LogP contribution in [0.5, 0.6) is 0 Å². The van der Waals surface area contributed by atoms with E-state index in [0.29, 0.717) is 15.8 Å². The number of benzene rings is 3. The molecule has 174 valence electrons. The van der Waals surface area contributed by atoms with Crippen molar-refractivity contribution in [1.29, 1.82) is 0 Å². The summed E-state index contributed by atoms with van der Waals surface area (Å²) >= 11 is 15.2. The van der Waals surface area contributed by atoms with Crippen LogP contribution in [0.25, 0.3) is 10.2 Å². The van der Waals surface area contributed by atoms with Crippen LogP contribution < -0.4 is 5.32 Å². The van der Waals surface area contributed by atoms with Crippen LogP contribution in [0, 0.1) is 0 Å². The number of halogens is 2. The Hall–Kier alpha value is -2.38. The summed E-state index contributed by atoms with van der Waals surface area (Å²) < 4.78 is 1.87. The van der Waals surface area contributed by atoms with Gasteiger partial charge in [0.1, 0.15) is 0 Å². The highest BCUT2D eigenvalue weighted by molar-refractivity contribution is 8.01. The minimum Gasteiger partial charge on any atom is -0.325 e. The van der Waals surface area contributed by atoms with E-state index in [1.807, 2.05) is 30.3 Å². The van der Waals surface area contributed by atoms with E-state index in [4.69, 9.17) is 23.2 Å². The molecular weight excluding hydrogens is 505 g/mol. The van der Waals surface area contributed by atoms with E-state index < -0.39 is 0 Å². The summed E-state index contributed by atoms with van der Waals surface area (Å²) in [6.45, 7) is 4.20. The van der Waals surface area contributed by atoms with Gasteiger partial charge in [0, 0.05) is 22.5 Å². The van der Waals surface area contributed by atoms with E-state index in [2.05, 4.69) is 41.3 Å². The lowest BCUT2D eigenvalue weighted by Gasteiger charge is -2.14. The Morgan fingerprint density at radius 3 is 2.56 bits per heavy atom. The molecule has 0 aliphatic carbocycles. The zero-order valence-electron chi connectivity index (χ0n) is 18.8. The summed E-state index contributed by atoms with van der Waals surface area (Å²) in [4.78, 5) is 21.9. The number of para-hydroxylation sites is 1. The maximum Gasteiger partial charge on any atom is 0.234 e. The van der Waals surface area contributed by atoms with Crippen molar-refractivity contribution in [3.05, 3.63) is 81.3 Å². The van der Waals surface area contributed by atoms with Crippen molar-refractivity contribution in [3.63, 3.8) is 0 Å². The fraction of sp³-hybridized carbons (Fsp3) is 0.192. The van der Waals surface area contributed by atoms with Gasteiger partial charge in [0.2, 0.25) is 5.91 Å². The van der Waals surface area contributed by atoms with Crippen molar-refractivity contribution in [3.8, 4) is 0 Å². The zero-order valence-corrected chi connectivity index (χ0v) is 21.9. The number of hydrogen-bond donors (Lipinski definition) is 1. The lowest BCUT2D eigenvalue weighted by molar-refractivity contribution is -0.113. The highest BCUT2D eigenvalue weighted by atomic mass is 35.5. The molecule has 1 heterocycles. The SMILES string of the molecule is CCc1cccc(CC)c1NC(=O)CSc1nc2ccc(N=Cc3ccc(Cl)cc3Cl)cc2s1. The molecule has 1 aromatic heterocycles. The fourth-order valence-electron chi connectivity index (χ4n) is 3.49. The second-order valence-electron chi connectivity index (χ2n) is 7.55. The van der Waals surface area contributed by atoms with Gasteiger partial charge < -0.3 is 5.32 Å². The Labute approximate surface area is 217 Å². The average Bonchev–Trinajstić information content (AvgIpc) is 3.24. The van der Waals surface area contributed by atoms with Crippen molar-refractivity contribution in [2.24, 2.45) is 4.99 Å². The molecule has 3 aromatic carbocycles. The molecule has 4 rings (SSSR count). The topological polar surface area (TPSA) is 54.4 Å². The van der Waals surface area contributed by atoms with E-state index in [1.54, 1.807) is 29.7 Å². The first-order valence-electron chi connectivity index (χ1n) is 10.9. The van der Waals surface area contributed by atoms with Crippen molar-refractivity contribution < 1.29 is 4.79 Å². The van der Waals surface area contributed by atoms with Crippen molar-refractivity contribution in [2.75, 3.05) is 11.1 Å². The van der Waals surface area contributed by atoms with Gasteiger partial charge in [-0.2, -0.15) is 0 Å². The first kappa shape index (κ1) is 24.7. The fourth-order valence-corrected chi connectivity index (χ4v) is 5.85. The Bertz CT molecular complexity index is 1350. The van der Waals surface area contributed by atoms with E-state index in [0.717, 1.165) is 55.5 Å². The first-order chi connectivity index (χ1) is 16.5. The quantitative estimate of drug-likeness (QED) is 0.185. The second kappa shape index (κ2) is 11.4. The molecule has 0 spiro atoms. The predicted octanol–water partition coefficient (Wildman–Crippen LogP) is 8.21. The molecule has 0 fully saturated rings. The van der Waals surface area contributed by atoms with E-state index in [-0.39, 0.29) is 5.91 Å². The molecule has 0 unspecified atom stereocenters. The van der Waals surface area contributed by atoms with Crippen molar-refractivity contribution >= 4 is 80.0 Å². The van der Waals surface area contributed by atoms with Gasteiger partial charge >= 0.3 is 0 Å². The van der Waals surface area contributed by atoms with Gasteiger partial charge in [-0.1, -0.05) is 73.1 Å². The number of nitrogens with one attached hydrogen (secondary N) is 1. The third-order valence-electron chi connectivity index (χ3n) is 5.26. The molecule has 0 bridgehead atoms. The van der Waals surface area contributed by atoms with Gasteiger partial charge in [0.25, 0.3) is 0 Å². The summed E-state index contributed by atoms with van der Waals surface area (Å²) in [5.74, 6) is 0.283. The summed E-state index contributed by atoms with van der Waals surface area (Å²) in [7, 11) is 0. The molecule has 4 nitrogen and oxygen atoms in total. The number of fused-ring (bicyclic) bond motifs is 1. The zero-order chi connectivity index (χ0) is 24.1. The van der Waals surface area contributed by atoms with Crippen LogP contribution >= 0.6 is 46.3 Å². The van der Waals surface area contributed by atoms with E-state index >= 15 is 0 Å². The smallest absolute Gasteiger partial charge is 0.234 e. The van der Waals surface area contributed by atoms with Gasteiger partial charge in [0.15, 0.2) is 4.34 Å². The average molecular weight is 529 g/mol. The number of hydrogen-bond acceptors (Lipinski definition) is 5. The molecule has 1 amide bonds. The maximum atomic E-state index is 12.7. The highest BCUT2D eigenvalue weighted by Gasteiger charge is 2.12. The van der Waals surface area contributed by atoms with Gasteiger partial charge in [-0.15, -0.1) is 11.3 Å². The highest BCUT2D eigenvalue weighted by Crippen LogP contribution is 2.32. The number of anilines is 1. The number of aromatic nitrogens is 1. The molecule has 0 aliphatic heterocycles. The molecule has 8 heteroatoms. The van der Waals surface area contributed by atoms with Crippen LogP contribution in [0.3, 0.4) is 0 Å².